The maximum atomic E-state index is 11.6. The van der Waals surface area contributed by atoms with Gasteiger partial charge in [0.25, 0.3) is 0 Å². The lowest BCUT2D eigenvalue weighted by molar-refractivity contribution is 0.101. The quantitative estimate of drug-likeness (QED) is 0.788. The highest BCUT2D eigenvalue weighted by Gasteiger charge is 2.24. The summed E-state index contributed by atoms with van der Waals surface area (Å²) in [5, 5.41) is 0. The van der Waals surface area contributed by atoms with Crippen LogP contribution in [-0.4, -0.2) is 19.4 Å². The number of nitrogens with zero attached hydrogens (tertiary/aromatic N) is 1. The normalized spacial score (nSPS) is 14.9. The number of carbonyl (C=O) groups is 1. The van der Waals surface area contributed by atoms with E-state index in [9.17, 15) is 4.79 Å². The Bertz CT molecular complexity index is 412. The van der Waals surface area contributed by atoms with Gasteiger partial charge in [0.05, 0.1) is 0 Å². The van der Waals surface area contributed by atoms with E-state index in [1.165, 1.54) is 12.8 Å². The van der Waals surface area contributed by atoms with Crippen molar-refractivity contribution in [2.24, 2.45) is 5.92 Å². The van der Waals surface area contributed by atoms with Crippen molar-refractivity contribution >= 4 is 27.4 Å². The van der Waals surface area contributed by atoms with E-state index in [0.29, 0.717) is 0 Å². The number of halogens is 1. The van der Waals surface area contributed by atoms with Gasteiger partial charge in [-0.25, -0.2) is 0 Å². The van der Waals surface area contributed by atoms with E-state index in [1.54, 1.807) is 6.92 Å². The van der Waals surface area contributed by atoms with E-state index in [-0.39, 0.29) is 5.78 Å². The van der Waals surface area contributed by atoms with Crippen molar-refractivity contribution in [1.82, 2.24) is 0 Å². The average Bonchev–Trinajstić information content (AvgIpc) is 3.01. The maximum absolute atomic E-state index is 11.6. The molecule has 1 aliphatic rings. The Morgan fingerprint density at radius 2 is 2.19 bits per heavy atom. The van der Waals surface area contributed by atoms with E-state index in [1.807, 2.05) is 18.2 Å². The van der Waals surface area contributed by atoms with Crippen molar-refractivity contribution in [3.05, 3.63) is 28.2 Å². The van der Waals surface area contributed by atoms with Gasteiger partial charge in [-0.1, -0.05) is 15.9 Å². The third kappa shape index (κ3) is 2.64. The van der Waals surface area contributed by atoms with Gasteiger partial charge in [-0.3, -0.25) is 4.79 Å². The first-order valence-electron chi connectivity index (χ1n) is 5.59. The van der Waals surface area contributed by atoms with Crippen molar-refractivity contribution < 1.29 is 4.79 Å². The molecule has 2 nitrogen and oxygen atoms in total. The summed E-state index contributed by atoms with van der Waals surface area (Å²) >= 11 is 3.41. The maximum Gasteiger partial charge on any atom is 0.161 e. The number of carbonyl (C=O) groups excluding carboxylic acids is 1. The molecule has 1 aliphatic carbocycles. The fraction of sp³-hybridized carbons (Fsp3) is 0.462. The molecule has 0 radical (unpaired) electrons. The van der Waals surface area contributed by atoms with Crippen LogP contribution in [0.25, 0.3) is 0 Å². The summed E-state index contributed by atoms with van der Waals surface area (Å²) < 4.78 is 0.960. The molecule has 0 aromatic heterocycles. The molecule has 3 heteroatoms. The highest BCUT2D eigenvalue weighted by Crippen LogP contribution is 2.32. The Kier molecular flexibility index (Phi) is 3.33. The van der Waals surface area contributed by atoms with Crippen molar-refractivity contribution in [2.45, 2.75) is 19.8 Å². The Morgan fingerprint density at radius 3 is 2.75 bits per heavy atom. The van der Waals surface area contributed by atoms with Gasteiger partial charge in [0, 0.05) is 29.3 Å². The van der Waals surface area contributed by atoms with E-state index in [2.05, 4.69) is 27.9 Å². The molecule has 1 aromatic carbocycles. The molecule has 0 heterocycles. The summed E-state index contributed by atoms with van der Waals surface area (Å²) in [6, 6.07) is 5.91. The number of hydrogen-bond donors (Lipinski definition) is 0. The monoisotopic (exact) mass is 281 g/mol. The molecule has 1 fully saturated rings. The Labute approximate surface area is 105 Å². The fourth-order valence-corrected chi connectivity index (χ4v) is 2.27. The molecule has 0 saturated heterocycles. The second-order valence-electron chi connectivity index (χ2n) is 4.54. The second-order valence-corrected chi connectivity index (χ2v) is 5.46. The fourth-order valence-electron chi connectivity index (χ4n) is 1.91. The van der Waals surface area contributed by atoms with Crippen LogP contribution >= 0.6 is 15.9 Å². The van der Waals surface area contributed by atoms with Crippen LogP contribution < -0.4 is 4.90 Å². The summed E-state index contributed by atoms with van der Waals surface area (Å²) in [5.41, 5.74) is 1.85. The van der Waals surface area contributed by atoms with Gasteiger partial charge < -0.3 is 4.90 Å². The first-order valence-corrected chi connectivity index (χ1v) is 6.39. The molecule has 0 bridgehead atoms. The zero-order valence-corrected chi connectivity index (χ0v) is 11.3. The van der Waals surface area contributed by atoms with Crippen LogP contribution in [0.1, 0.15) is 30.1 Å². The summed E-state index contributed by atoms with van der Waals surface area (Å²) in [6.07, 6.45) is 2.66. The second kappa shape index (κ2) is 4.58. The standard InChI is InChI=1S/C13H16BrNO/c1-9(16)12-7-11(14)5-6-13(12)15(2)8-10-3-4-10/h5-7,10H,3-4,8H2,1-2H3. The van der Waals surface area contributed by atoms with Crippen LogP contribution in [0.3, 0.4) is 0 Å². The molecule has 0 atom stereocenters. The third-order valence-corrected chi connectivity index (χ3v) is 3.47. The van der Waals surface area contributed by atoms with Crippen molar-refractivity contribution in [1.29, 1.82) is 0 Å². The predicted molar refractivity (Wildman–Crippen MR) is 70.1 cm³/mol. The van der Waals surface area contributed by atoms with E-state index >= 15 is 0 Å². The van der Waals surface area contributed by atoms with Crippen LogP contribution in [0, 0.1) is 5.92 Å². The Morgan fingerprint density at radius 1 is 1.50 bits per heavy atom. The molecule has 0 amide bonds. The SMILES string of the molecule is CC(=O)c1cc(Br)ccc1N(C)CC1CC1. The summed E-state index contributed by atoms with van der Waals surface area (Å²) in [4.78, 5) is 13.8. The lowest BCUT2D eigenvalue weighted by Gasteiger charge is -2.21. The van der Waals surface area contributed by atoms with Crippen LogP contribution in [0.15, 0.2) is 22.7 Å². The minimum atomic E-state index is 0.124. The van der Waals surface area contributed by atoms with Gasteiger partial charge in [0.15, 0.2) is 5.78 Å². The first kappa shape index (κ1) is 11.6. The largest absolute Gasteiger partial charge is 0.374 e. The van der Waals surface area contributed by atoms with Crippen LogP contribution in [0.4, 0.5) is 5.69 Å². The van der Waals surface area contributed by atoms with Gasteiger partial charge in [0.1, 0.15) is 0 Å². The average molecular weight is 282 g/mol. The summed E-state index contributed by atoms with van der Waals surface area (Å²) in [7, 11) is 2.06. The van der Waals surface area contributed by atoms with Crippen LogP contribution in [0.2, 0.25) is 0 Å². The third-order valence-electron chi connectivity index (χ3n) is 2.98. The van der Waals surface area contributed by atoms with E-state index in [0.717, 1.165) is 28.2 Å². The molecule has 1 aromatic rings. The molecular weight excluding hydrogens is 266 g/mol. The topological polar surface area (TPSA) is 20.3 Å². The van der Waals surface area contributed by atoms with Gasteiger partial charge in [-0.15, -0.1) is 0 Å². The number of hydrogen-bond acceptors (Lipinski definition) is 2. The highest BCUT2D eigenvalue weighted by molar-refractivity contribution is 9.10. The Hall–Kier alpha value is -0.830. The van der Waals surface area contributed by atoms with Gasteiger partial charge >= 0.3 is 0 Å². The lowest BCUT2D eigenvalue weighted by Crippen LogP contribution is -2.22. The lowest BCUT2D eigenvalue weighted by atomic mass is 10.1. The number of ketones is 1. The molecule has 2 rings (SSSR count). The van der Waals surface area contributed by atoms with Crippen molar-refractivity contribution in [3.63, 3.8) is 0 Å². The zero-order valence-electron chi connectivity index (χ0n) is 9.66. The number of benzene rings is 1. The molecule has 0 aliphatic heterocycles. The number of rotatable bonds is 4. The first-order chi connectivity index (χ1) is 7.58. The zero-order chi connectivity index (χ0) is 11.7. The molecule has 16 heavy (non-hydrogen) atoms. The minimum Gasteiger partial charge on any atom is -0.374 e. The number of Topliss-reactive ketones (excluding diaryl/α,β-unsaturated/α-hetero) is 1. The van der Waals surface area contributed by atoms with Crippen LogP contribution in [-0.2, 0) is 0 Å². The van der Waals surface area contributed by atoms with Gasteiger partial charge in [-0.05, 0) is 43.9 Å². The number of anilines is 1. The minimum absolute atomic E-state index is 0.124. The molecular formula is C13H16BrNO. The van der Waals surface area contributed by atoms with Gasteiger partial charge in [0.2, 0.25) is 0 Å². The van der Waals surface area contributed by atoms with Crippen LogP contribution in [0.5, 0.6) is 0 Å². The molecule has 0 N–H and O–H groups in total. The van der Waals surface area contributed by atoms with Crippen molar-refractivity contribution in [2.75, 3.05) is 18.5 Å². The van der Waals surface area contributed by atoms with E-state index in [4.69, 9.17) is 0 Å². The van der Waals surface area contributed by atoms with Crippen molar-refractivity contribution in [3.8, 4) is 0 Å². The Balaban J connectivity index is 2.26. The molecule has 1 saturated carbocycles. The molecule has 0 spiro atoms. The summed E-state index contributed by atoms with van der Waals surface area (Å²) in [5.74, 6) is 0.951. The highest BCUT2D eigenvalue weighted by atomic mass is 79.9. The summed E-state index contributed by atoms with van der Waals surface area (Å²) in [6.45, 7) is 2.68. The molecule has 86 valence electrons. The van der Waals surface area contributed by atoms with E-state index < -0.39 is 0 Å². The molecule has 0 unspecified atom stereocenters. The van der Waals surface area contributed by atoms with Gasteiger partial charge in [-0.2, -0.15) is 0 Å². The predicted octanol–water partition coefficient (Wildman–Crippen LogP) is 3.50. The smallest absolute Gasteiger partial charge is 0.161 e.